The Balaban J connectivity index is 1.55. The number of hydrogen-bond acceptors (Lipinski definition) is 5. The van der Waals surface area contributed by atoms with Crippen LogP contribution < -0.4 is 15.4 Å². The molecule has 0 spiro atoms. The molecule has 0 fully saturated rings. The number of ether oxygens (including phenoxy) is 1. The van der Waals surface area contributed by atoms with Crippen molar-refractivity contribution in [1.82, 2.24) is 10.3 Å². The normalized spacial score (nSPS) is 10.3. The first-order valence-corrected chi connectivity index (χ1v) is 9.65. The standard InChI is InChI=1S/C19H16ClN3O2S2/c1-25-15-8-4-13(5-9-15)16-11-27-19(21-16)23-18(26)22-17(24)10-12-2-6-14(20)7-3-12/h2-9,11H,10H2,1H3,(H2,21,22,23,24,26). The Labute approximate surface area is 171 Å². The van der Waals surface area contributed by atoms with Crippen LogP contribution in [0.3, 0.4) is 0 Å². The fourth-order valence-corrected chi connectivity index (χ4v) is 3.44. The Morgan fingerprint density at radius 2 is 1.89 bits per heavy atom. The van der Waals surface area contributed by atoms with Crippen LogP contribution in [-0.2, 0) is 11.2 Å². The van der Waals surface area contributed by atoms with Gasteiger partial charge in [-0.05, 0) is 54.2 Å². The summed E-state index contributed by atoms with van der Waals surface area (Å²) in [6, 6.07) is 14.7. The summed E-state index contributed by atoms with van der Waals surface area (Å²) in [5, 5.41) is 8.97. The number of hydrogen-bond donors (Lipinski definition) is 2. The highest BCUT2D eigenvalue weighted by Gasteiger charge is 2.09. The summed E-state index contributed by atoms with van der Waals surface area (Å²) in [6.45, 7) is 0. The molecule has 138 valence electrons. The highest BCUT2D eigenvalue weighted by Crippen LogP contribution is 2.26. The average Bonchev–Trinajstić information content (AvgIpc) is 3.12. The molecule has 8 heteroatoms. The van der Waals surface area contributed by atoms with Crippen LogP contribution >= 0.6 is 35.2 Å². The van der Waals surface area contributed by atoms with Gasteiger partial charge < -0.3 is 15.4 Å². The number of methoxy groups -OCH3 is 1. The number of anilines is 1. The molecule has 1 heterocycles. The minimum Gasteiger partial charge on any atom is -0.497 e. The number of benzene rings is 2. The van der Waals surface area contributed by atoms with Crippen molar-refractivity contribution in [3.63, 3.8) is 0 Å². The summed E-state index contributed by atoms with van der Waals surface area (Å²) in [6.07, 6.45) is 0.216. The first kappa shape index (κ1) is 19.3. The van der Waals surface area contributed by atoms with Crippen molar-refractivity contribution >= 4 is 51.3 Å². The SMILES string of the molecule is COc1ccc(-c2csc(NC(=S)NC(=O)Cc3ccc(Cl)cc3)n2)cc1. The second kappa shape index (κ2) is 8.94. The smallest absolute Gasteiger partial charge is 0.230 e. The molecule has 3 aromatic rings. The van der Waals surface area contributed by atoms with Crippen molar-refractivity contribution in [3.8, 4) is 17.0 Å². The molecule has 0 aliphatic heterocycles. The number of nitrogens with zero attached hydrogens (tertiary/aromatic N) is 1. The molecule has 2 aromatic carbocycles. The van der Waals surface area contributed by atoms with Crippen LogP contribution in [0.4, 0.5) is 5.13 Å². The van der Waals surface area contributed by atoms with E-state index in [0.717, 1.165) is 22.6 Å². The maximum absolute atomic E-state index is 12.1. The van der Waals surface area contributed by atoms with E-state index >= 15 is 0 Å². The van der Waals surface area contributed by atoms with Gasteiger partial charge in [0, 0.05) is 16.0 Å². The summed E-state index contributed by atoms with van der Waals surface area (Å²) in [5.74, 6) is 0.582. The molecule has 0 radical (unpaired) electrons. The minimum atomic E-state index is -0.207. The summed E-state index contributed by atoms with van der Waals surface area (Å²) >= 11 is 12.4. The van der Waals surface area contributed by atoms with Crippen molar-refractivity contribution in [2.24, 2.45) is 0 Å². The fraction of sp³-hybridized carbons (Fsp3) is 0.105. The third kappa shape index (κ3) is 5.50. The number of carbonyl (C=O) groups excluding carboxylic acids is 1. The van der Waals surface area contributed by atoms with Gasteiger partial charge in [-0.1, -0.05) is 23.7 Å². The number of carbonyl (C=O) groups is 1. The Hall–Kier alpha value is -2.48. The van der Waals surface area contributed by atoms with Crippen LogP contribution in [0.2, 0.25) is 5.02 Å². The van der Waals surface area contributed by atoms with Crippen LogP contribution in [0.15, 0.2) is 53.9 Å². The summed E-state index contributed by atoms with van der Waals surface area (Å²) in [7, 11) is 1.63. The summed E-state index contributed by atoms with van der Waals surface area (Å²) in [4.78, 5) is 16.6. The second-order valence-corrected chi connectivity index (χ2v) is 7.27. The molecule has 0 bridgehead atoms. The summed E-state index contributed by atoms with van der Waals surface area (Å²) < 4.78 is 5.15. The van der Waals surface area contributed by atoms with E-state index in [4.69, 9.17) is 28.6 Å². The predicted molar refractivity (Wildman–Crippen MR) is 114 cm³/mol. The van der Waals surface area contributed by atoms with Crippen molar-refractivity contribution < 1.29 is 9.53 Å². The number of thiocarbonyl (C=S) groups is 1. The Morgan fingerprint density at radius 3 is 2.56 bits per heavy atom. The minimum absolute atomic E-state index is 0.207. The van der Waals surface area contributed by atoms with Crippen molar-refractivity contribution in [1.29, 1.82) is 0 Å². The zero-order valence-corrected chi connectivity index (χ0v) is 16.8. The van der Waals surface area contributed by atoms with E-state index in [2.05, 4.69) is 15.6 Å². The van der Waals surface area contributed by atoms with Crippen molar-refractivity contribution in [2.45, 2.75) is 6.42 Å². The van der Waals surface area contributed by atoms with Crippen LogP contribution in [0, 0.1) is 0 Å². The van der Waals surface area contributed by atoms with E-state index < -0.39 is 0 Å². The molecule has 0 saturated heterocycles. The van der Waals surface area contributed by atoms with Gasteiger partial charge in [-0.25, -0.2) is 4.98 Å². The maximum atomic E-state index is 12.1. The fourth-order valence-electron chi connectivity index (χ4n) is 2.31. The largest absolute Gasteiger partial charge is 0.497 e. The quantitative estimate of drug-likeness (QED) is 0.597. The highest BCUT2D eigenvalue weighted by atomic mass is 35.5. The Kier molecular flexibility index (Phi) is 6.39. The Bertz CT molecular complexity index is 940. The number of amides is 1. The maximum Gasteiger partial charge on any atom is 0.230 e. The molecule has 0 atom stereocenters. The molecule has 1 aromatic heterocycles. The molecule has 1 amide bonds. The Morgan fingerprint density at radius 1 is 1.19 bits per heavy atom. The van der Waals surface area contributed by atoms with E-state index in [1.165, 1.54) is 11.3 Å². The topological polar surface area (TPSA) is 63.2 Å². The van der Waals surface area contributed by atoms with Gasteiger partial charge in [0.15, 0.2) is 10.2 Å². The second-order valence-electron chi connectivity index (χ2n) is 5.57. The lowest BCUT2D eigenvalue weighted by Gasteiger charge is -2.07. The molecule has 0 unspecified atom stereocenters. The van der Waals surface area contributed by atoms with Crippen LogP contribution in [0.5, 0.6) is 5.75 Å². The van der Waals surface area contributed by atoms with Gasteiger partial charge in [0.2, 0.25) is 5.91 Å². The van der Waals surface area contributed by atoms with E-state index in [1.807, 2.05) is 29.6 Å². The highest BCUT2D eigenvalue weighted by molar-refractivity contribution is 7.80. The molecule has 5 nitrogen and oxygen atoms in total. The van der Waals surface area contributed by atoms with Gasteiger partial charge in [0.05, 0.1) is 19.2 Å². The van der Waals surface area contributed by atoms with Crippen molar-refractivity contribution in [2.75, 3.05) is 12.4 Å². The third-order valence-electron chi connectivity index (χ3n) is 3.64. The average molecular weight is 418 g/mol. The molecule has 2 N–H and O–H groups in total. The molecule has 27 heavy (non-hydrogen) atoms. The van der Waals surface area contributed by atoms with Gasteiger partial charge in [0.1, 0.15) is 5.75 Å². The van der Waals surface area contributed by atoms with Crippen LogP contribution in [-0.4, -0.2) is 23.1 Å². The zero-order chi connectivity index (χ0) is 19.2. The van der Waals surface area contributed by atoms with E-state index in [-0.39, 0.29) is 17.4 Å². The monoisotopic (exact) mass is 417 g/mol. The van der Waals surface area contributed by atoms with Gasteiger partial charge in [0.25, 0.3) is 0 Å². The molecular formula is C19H16ClN3O2S2. The number of aromatic nitrogens is 1. The molecule has 3 rings (SSSR count). The van der Waals surface area contributed by atoms with Gasteiger partial charge in [-0.2, -0.15) is 0 Å². The molecule has 0 saturated carbocycles. The lowest BCUT2D eigenvalue weighted by Crippen LogP contribution is -2.35. The number of nitrogens with one attached hydrogen (secondary N) is 2. The predicted octanol–water partition coefficient (Wildman–Crippen LogP) is 4.53. The van der Waals surface area contributed by atoms with Gasteiger partial charge in [-0.15, -0.1) is 11.3 Å². The molecule has 0 aliphatic carbocycles. The van der Waals surface area contributed by atoms with Crippen molar-refractivity contribution in [3.05, 3.63) is 64.5 Å². The first-order valence-electron chi connectivity index (χ1n) is 7.99. The van der Waals surface area contributed by atoms with Crippen LogP contribution in [0.25, 0.3) is 11.3 Å². The van der Waals surface area contributed by atoms with Gasteiger partial charge >= 0.3 is 0 Å². The third-order valence-corrected chi connectivity index (χ3v) is 4.86. The number of halogens is 1. The molecular weight excluding hydrogens is 402 g/mol. The first-order chi connectivity index (χ1) is 13.0. The van der Waals surface area contributed by atoms with Gasteiger partial charge in [-0.3, -0.25) is 4.79 Å². The van der Waals surface area contributed by atoms with E-state index in [0.29, 0.717) is 10.2 Å². The number of thiazole rings is 1. The summed E-state index contributed by atoms with van der Waals surface area (Å²) in [5.41, 5.74) is 2.65. The van der Waals surface area contributed by atoms with E-state index in [9.17, 15) is 4.79 Å². The van der Waals surface area contributed by atoms with E-state index in [1.54, 1.807) is 31.4 Å². The lowest BCUT2D eigenvalue weighted by molar-refractivity contribution is -0.119. The zero-order valence-electron chi connectivity index (χ0n) is 14.4. The lowest BCUT2D eigenvalue weighted by atomic mass is 10.1. The molecule has 0 aliphatic rings. The number of rotatable bonds is 5. The van der Waals surface area contributed by atoms with Crippen LogP contribution in [0.1, 0.15) is 5.56 Å².